The minimum absolute atomic E-state index is 0.0419. The van der Waals surface area contributed by atoms with E-state index in [-0.39, 0.29) is 18.7 Å². The van der Waals surface area contributed by atoms with Crippen LogP contribution in [-0.4, -0.2) is 59.8 Å². The molecule has 1 heterocycles. The molecule has 2 N–H and O–H groups in total. The van der Waals surface area contributed by atoms with E-state index in [9.17, 15) is 4.79 Å². The van der Waals surface area contributed by atoms with Crippen LogP contribution < -0.4 is 5.32 Å². The number of hydrogen-bond acceptors (Lipinski definition) is 3. The van der Waals surface area contributed by atoms with E-state index in [0.29, 0.717) is 19.6 Å². The van der Waals surface area contributed by atoms with Crippen molar-refractivity contribution in [1.82, 2.24) is 15.1 Å². The van der Waals surface area contributed by atoms with E-state index in [2.05, 4.69) is 48.0 Å². The maximum atomic E-state index is 12.1. The summed E-state index contributed by atoms with van der Waals surface area (Å²) in [6.07, 6.45) is 2.72. The summed E-state index contributed by atoms with van der Waals surface area (Å²) < 4.78 is 0. The fourth-order valence-electron chi connectivity index (χ4n) is 2.92. The molecule has 0 aromatic heterocycles. The monoisotopic (exact) mass is 317 g/mol. The number of aliphatic hydroxyl groups excluding tert-OH is 1. The van der Waals surface area contributed by atoms with Gasteiger partial charge in [-0.05, 0) is 24.5 Å². The SMILES string of the molecule is C=CCN(CCO)C(=O)NCC(C)N1CCc2ccccc2C1. The zero-order chi connectivity index (χ0) is 16.7. The number of amides is 2. The number of hydrogen-bond donors (Lipinski definition) is 2. The average Bonchev–Trinajstić information content (AvgIpc) is 2.58. The van der Waals surface area contributed by atoms with E-state index in [1.165, 1.54) is 11.1 Å². The van der Waals surface area contributed by atoms with Crippen molar-refractivity contribution in [1.29, 1.82) is 0 Å². The van der Waals surface area contributed by atoms with Gasteiger partial charge in [0.2, 0.25) is 0 Å². The Hall–Kier alpha value is -1.85. The van der Waals surface area contributed by atoms with Gasteiger partial charge in [0.25, 0.3) is 0 Å². The zero-order valence-corrected chi connectivity index (χ0v) is 13.9. The Morgan fingerprint density at radius 2 is 2.22 bits per heavy atom. The van der Waals surface area contributed by atoms with Crippen molar-refractivity contribution in [3.63, 3.8) is 0 Å². The Balaban J connectivity index is 1.84. The van der Waals surface area contributed by atoms with Crippen LogP contribution in [-0.2, 0) is 13.0 Å². The number of aliphatic hydroxyl groups is 1. The first-order valence-electron chi connectivity index (χ1n) is 8.21. The molecule has 1 aliphatic rings. The third kappa shape index (κ3) is 4.81. The molecule has 1 aliphatic heterocycles. The molecule has 5 heteroatoms. The van der Waals surface area contributed by atoms with Gasteiger partial charge in [-0.3, -0.25) is 4.90 Å². The van der Waals surface area contributed by atoms with Crippen molar-refractivity contribution in [3.8, 4) is 0 Å². The molecular weight excluding hydrogens is 290 g/mol. The number of rotatable bonds is 7. The lowest BCUT2D eigenvalue weighted by Crippen LogP contribution is -2.48. The van der Waals surface area contributed by atoms with Crippen molar-refractivity contribution >= 4 is 6.03 Å². The van der Waals surface area contributed by atoms with Crippen LogP contribution in [0.3, 0.4) is 0 Å². The predicted octanol–water partition coefficient (Wildman–Crippen LogP) is 1.62. The van der Waals surface area contributed by atoms with Crippen LogP contribution in [0, 0.1) is 0 Å². The number of carbonyl (C=O) groups is 1. The average molecular weight is 317 g/mol. The van der Waals surface area contributed by atoms with Crippen LogP contribution in [0.2, 0.25) is 0 Å². The van der Waals surface area contributed by atoms with Crippen LogP contribution in [0.5, 0.6) is 0 Å². The second-order valence-electron chi connectivity index (χ2n) is 5.98. The van der Waals surface area contributed by atoms with Gasteiger partial charge >= 0.3 is 6.03 Å². The molecule has 5 nitrogen and oxygen atoms in total. The molecule has 0 radical (unpaired) electrons. The maximum absolute atomic E-state index is 12.1. The molecule has 23 heavy (non-hydrogen) atoms. The molecule has 0 aliphatic carbocycles. The molecule has 0 spiro atoms. The van der Waals surface area contributed by atoms with Crippen LogP contribution in [0.4, 0.5) is 4.79 Å². The summed E-state index contributed by atoms with van der Waals surface area (Å²) in [5.41, 5.74) is 2.81. The number of carbonyl (C=O) groups excluding carboxylic acids is 1. The van der Waals surface area contributed by atoms with Gasteiger partial charge in [-0.25, -0.2) is 4.79 Å². The van der Waals surface area contributed by atoms with Gasteiger partial charge in [-0.15, -0.1) is 6.58 Å². The Labute approximate surface area is 138 Å². The van der Waals surface area contributed by atoms with E-state index in [1.54, 1.807) is 11.0 Å². The van der Waals surface area contributed by atoms with Crippen LogP contribution in [0.1, 0.15) is 18.1 Å². The highest BCUT2D eigenvalue weighted by molar-refractivity contribution is 5.74. The molecule has 0 saturated carbocycles. The van der Waals surface area contributed by atoms with Gasteiger partial charge in [-0.2, -0.15) is 0 Å². The number of fused-ring (bicyclic) bond motifs is 1. The molecule has 0 fully saturated rings. The Kier molecular flexibility index (Phi) is 6.62. The zero-order valence-electron chi connectivity index (χ0n) is 13.9. The highest BCUT2D eigenvalue weighted by Gasteiger charge is 2.21. The molecule has 2 amide bonds. The highest BCUT2D eigenvalue weighted by atomic mass is 16.3. The fraction of sp³-hybridized carbons (Fsp3) is 0.500. The first-order chi connectivity index (χ1) is 11.2. The van der Waals surface area contributed by atoms with E-state index < -0.39 is 0 Å². The number of nitrogens with zero attached hydrogens (tertiary/aromatic N) is 2. The smallest absolute Gasteiger partial charge is 0.317 e. The number of nitrogens with one attached hydrogen (secondary N) is 1. The third-order valence-electron chi connectivity index (χ3n) is 4.34. The van der Waals surface area contributed by atoms with Gasteiger partial charge in [0.15, 0.2) is 0 Å². The lowest BCUT2D eigenvalue weighted by Gasteiger charge is -2.34. The Morgan fingerprint density at radius 3 is 2.91 bits per heavy atom. The molecule has 0 bridgehead atoms. The maximum Gasteiger partial charge on any atom is 0.317 e. The van der Waals surface area contributed by atoms with Gasteiger partial charge in [0.1, 0.15) is 0 Å². The van der Waals surface area contributed by atoms with Gasteiger partial charge in [-0.1, -0.05) is 30.3 Å². The summed E-state index contributed by atoms with van der Waals surface area (Å²) in [6.45, 7) is 9.05. The largest absolute Gasteiger partial charge is 0.395 e. The molecule has 1 unspecified atom stereocenters. The minimum Gasteiger partial charge on any atom is -0.395 e. The van der Waals surface area contributed by atoms with Crippen molar-refractivity contribution < 1.29 is 9.90 Å². The standard InChI is InChI=1S/C18H27N3O2/c1-3-9-20(11-12-22)18(23)19-13-15(2)21-10-8-16-6-4-5-7-17(16)14-21/h3-7,15,22H,1,8-14H2,2H3,(H,19,23). The van der Waals surface area contributed by atoms with Crippen LogP contribution in [0.25, 0.3) is 0 Å². The lowest BCUT2D eigenvalue weighted by atomic mass is 9.99. The fourth-order valence-corrected chi connectivity index (χ4v) is 2.92. The third-order valence-corrected chi connectivity index (χ3v) is 4.34. The number of urea groups is 1. The van der Waals surface area contributed by atoms with Gasteiger partial charge in [0.05, 0.1) is 6.61 Å². The molecule has 0 saturated heterocycles. The molecular formula is C18H27N3O2. The molecule has 126 valence electrons. The topological polar surface area (TPSA) is 55.8 Å². The van der Waals surface area contributed by atoms with Gasteiger partial charge < -0.3 is 15.3 Å². The minimum atomic E-state index is -0.150. The first kappa shape index (κ1) is 17.5. The van der Waals surface area contributed by atoms with Crippen molar-refractivity contribution in [2.45, 2.75) is 25.9 Å². The summed E-state index contributed by atoms with van der Waals surface area (Å²) in [5, 5.41) is 12.0. The highest BCUT2D eigenvalue weighted by Crippen LogP contribution is 2.19. The van der Waals surface area contributed by atoms with E-state index >= 15 is 0 Å². The normalized spacial score (nSPS) is 15.6. The van der Waals surface area contributed by atoms with Crippen LogP contribution >= 0.6 is 0 Å². The number of benzene rings is 1. The van der Waals surface area contributed by atoms with Crippen molar-refractivity contribution in [2.24, 2.45) is 0 Å². The molecule has 2 rings (SSSR count). The molecule has 1 aromatic carbocycles. The predicted molar refractivity (Wildman–Crippen MR) is 92.3 cm³/mol. The van der Waals surface area contributed by atoms with E-state index in [0.717, 1.165) is 19.5 Å². The summed E-state index contributed by atoms with van der Waals surface area (Å²) in [6, 6.07) is 8.67. The molecule has 1 aromatic rings. The quantitative estimate of drug-likeness (QED) is 0.752. The van der Waals surface area contributed by atoms with Crippen LogP contribution in [0.15, 0.2) is 36.9 Å². The lowest BCUT2D eigenvalue weighted by molar-refractivity contribution is 0.167. The van der Waals surface area contributed by atoms with Crippen molar-refractivity contribution in [3.05, 3.63) is 48.0 Å². The van der Waals surface area contributed by atoms with Crippen molar-refractivity contribution in [2.75, 3.05) is 32.8 Å². The summed E-state index contributed by atoms with van der Waals surface area (Å²) in [7, 11) is 0. The van der Waals surface area contributed by atoms with E-state index in [4.69, 9.17) is 5.11 Å². The van der Waals surface area contributed by atoms with Gasteiger partial charge in [0, 0.05) is 38.8 Å². The summed E-state index contributed by atoms with van der Waals surface area (Å²) in [5.74, 6) is 0. The van der Waals surface area contributed by atoms with E-state index in [1.807, 2.05) is 0 Å². The summed E-state index contributed by atoms with van der Waals surface area (Å²) in [4.78, 5) is 16.1. The first-order valence-corrected chi connectivity index (χ1v) is 8.21. The Bertz CT molecular complexity index is 533. The molecule has 1 atom stereocenters. The second-order valence-corrected chi connectivity index (χ2v) is 5.98. The summed E-state index contributed by atoms with van der Waals surface area (Å²) >= 11 is 0. The Morgan fingerprint density at radius 1 is 1.48 bits per heavy atom. The second kappa shape index (κ2) is 8.70.